The van der Waals surface area contributed by atoms with Crippen molar-refractivity contribution in [2.75, 3.05) is 13.6 Å². The van der Waals surface area contributed by atoms with Crippen molar-refractivity contribution in [2.24, 2.45) is 0 Å². The second-order valence-corrected chi connectivity index (χ2v) is 11.2. The summed E-state index contributed by atoms with van der Waals surface area (Å²) in [5, 5.41) is 4.57. The maximum absolute atomic E-state index is 13.4. The topological polar surface area (TPSA) is 86.8 Å². The summed E-state index contributed by atoms with van der Waals surface area (Å²) in [5.41, 5.74) is 1.90. The van der Waals surface area contributed by atoms with Gasteiger partial charge in [0.15, 0.2) is 0 Å². The number of carbonyl (C=O) groups excluding carboxylic acids is 2. The average Bonchev–Trinajstić information content (AvgIpc) is 2.81. The molecule has 3 rings (SSSR count). The highest BCUT2D eigenvalue weighted by atomic mass is 32.2. The first-order valence-electron chi connectivity index (χ1n) is 11.6. The monoisotopic (exact) mass is 495 g/mol. The standard InChI is InChI=1S/C27H33N3O4S/c1-19(2)28-27(32)21(4)30(17-22-10-8-9-20(3)15-22)26(31)18-29(5)35(33,34)25-14-13-23-11-6-7-12-24(23)16-25/h6-16,19,21H,17-18H2,1-5H3,(H,28,32)/t21-/m0/s1. The number of hydrogen-bond acceptors (Lipinski definition) is 4. The lowest BCUT2D eigenvalue weighted by molar-refractivity contribution is -0.140. The van der Waals surface area contributed by atoms with Crippen LogP contribution in [-0.2, 0) is 26.2 Å². The fourth-order valence-electron chi connectivity index (χ4n) is 3.87. The van der Waals surface area contributed by atoms with E-state index < -0.39 is 22.0 Å². The summed E-state index contributed by atoms with van der Waals surface area (Å²) in [7, 11) is -2.54. The van der Waals surface area contributed by atoms with Gasteiger partial charge in [-0.1, -0.05) is 60.2 Å². The Labute approximate surface area is 207 Å². The van der Waals surface area contributed by atoms with Crippen LogP contribution in [0.4, 0.5) is 0 Å². The maximum Gasteiger partial charge on any atom is 0.243 e. The summed E-state index contributed by atoms with van der Waals surface area (Å²) in [5.74, 6) is -0.745. The number of hydrogen-bond donors (Lipinski definition) is 1. The van der Waals surface area contributed by atoms with Crippen LogP contribution in [0.5, 0.6) is 0 Å². The molecule has 0 aromatic heterocycles. The zero-order valence-electron chi connectivity index (χ0n) is 20.9. The van der Waals surface area contributed by atoms with E-state index in [4.69, 9.17) is 0 Å². The fraction of sp³-hybridized carbons (Fsp3) is 0.333. The van der Waals surface area contributed by atoms with Gasteiger partial charge in [0, 0.05) is 19.6 Å². The second kappa shape index (κ2) is 11.0. The van der Waals surface area contributed by atoms with E-state index in [0.717, 1.165) is 26.2 Å². The van der Waals surface area contributed by atoms with Gasteiger partial charge in [-0.2, -0.15) is 4.31 Å². The van der Waals surface area contributed by atoms with Crippen molar-refractivity contribution in [1.82, 2.24) is 14.5 Å². The number of sulfonamides is 1. The summed E-state index contributed by atoms with van der Waals surface area (Å²) in [6.45, 7) is 7.11. The molecule has 1 N–H and O–H groups in total. The van der Waals surface area contributed by atoms with Gasteiger partial charge in [-0.05, 0) is 56.2 Å². The third-order valence-electron chi connectivity index (χ3n) is 5.82. The molecular formula is C27H33N3O4S. The minimum atomic E-state index is -3.92. The van der Waals surface area contributed by atoms with Gasteiger partial charge < -0.3 is 10.2 Å². The molecule has 8 heteroatoms. The quantitative estimate of drug-likeness (QED) is 0.490. The molecule has 0 radical (unpaired) electrons. The lowest BCUT2D eigenvalue weighted by atomic mass is 10.1. The molecule has 0 bridgehead atoms. The van der Waals surface area contributed by atoms with E-state index in [1.54, 1.807) is 25.1 Å². The number of rotatable bonds is 9. The van der Waals surface area contributed by atoms with Crippen LogP contribution >= 0.6 is 0 Å². The summed E-state index contributed by atoms with van der Waals surface area (Å²) in [4.78, 5) is 27.7. The first-order valence-corrected chi connectivity index (χ1v) is 13.0. The highest BCUT2D eigenvalue weighted by Gasteiger charge is 2.30. The summed E-state index contributed by atoms with van der Waals surface area (Å²) in [6, 6.07) is 19.2. The molecule has 0 unspecified atom stereocenters. The zero-order valence-corrected chi connectivity index (χ0v) is 21.7. The maximum atomic E-state index is 13.4. The highest BCUT2D eigenvalue weighted by Crippen LogP contribution is 2.22. The molecule has 186 valence electrons. The van der Waals surface area contributed by atoms with Gasteiger partial charge in [0.2, 0.25) is 21.8 Å². The van der Waals surface area contributed by atoms with E-state index in [9.17, 15) is 18.0 Å². The number of benzene rings is 3. The van der Waals surface area contributed by atoms with Crippen LogP contribution in [-0.4, -0.2) is 55.1 Å². The Morgan fingerprint density at radius 2 is 1.60 bits per heavy atom. The minimum Gasteiger partial charge on any atom is -0.352 e. The number of likely N-dealkylation sites (N-methyl/N-ethyl adjacent to an activating group) is 1. The van der Waals surface area contributed by atoms with E-state index >= 15 is 0 Å². The minimum absolute atomic E-state index is 0.0863. The molecule has 3 aromatic carbocycles. The van der Waals surface area contributed by atoms with Gasteiger partial charge in [0.25, 0.3) is 0 Å². The van der Waals surface area contributed by atoms with Crippen molar-refractivity contribution in [3.05, 3.63) is 77.9 Å². The van der Waals surface area contributed by atoms with Gasteiger partial charge in [0.05, 0.1) is 11.4 Å². The zero-order chi connectivity index (χ0) is 25.8. The van der Waals surface area contributed by atoms with Crippen molar-refractivity contribution < 1.29 is 18.0 Å². The molecule has 7 nitrogen and oxygen atoms in total. The number of carbonyl (C=O) groups is 2. The SMILES string of the molecule is Cc1cccc(CN(C(=O)CN(C)S(=O)(=O)c2ccc3ccccc3c2)[C@@H](C)C(=O)NC(C)C)c1. The Bertz CT molecular complexity index is 1320. The van der Waals surface area contributed by atoms with E-state index in [1.807, 2.05) is 69.3 Å². The predicted molar refractivity (Wildman–Crippen MR) is 138 cm³/mol. The average molecular weight is 496 g/mol. The molecule has 1 atom stereocenters. The number of fused-ring (bicyclic) bond motifs is 1. The van der Waals surface area contributed by atoms with E-state index in [2.05, 4.69) is 5.32 Å². The first kappa shape index (κ1) is 26.4. The summed E-state index contributed by atoms with van der Waals surface area (Å²) < 4.78 is 27.6. The Balaban J connectivity index is 1.85. The molecule has 0 saturated heterocycles. The smallest absolute Gasteiger partial charge is 0.243 e. The van der Waals surface area contributed by atoms with Crippen LogP contribution in [0.1, 0.15) is 31.9 Å². The lowest BCUT2D eigenvalue weighted by Gasteiger charge is -2.31. The van der Waals surface area contributed by atoms with E-state index in [1.165, 1.54) is 11.9 Å². The fourth-order valence-corrected chi connectivity index (χ4v) is 5.03. The molecule has 0 aliphatic carbocycles. The molecule has 0 saturated carbocycles. The van der Waals surface area contributed by atoms with Crippen molar-refractivity contribution in [1.29, 1.82) is 0 Å². The molecular weight excluding hydrogens is 462 g/mol. The van der Waals surface area contributed by atoms with Crippen molar-refractivity contribution >= 4 is 32.6 Å². The van der Waals surface area contributed by atoms with E-state index in [0.29, 0.717) is 0 Å². The first-order chi connectivity index (χ1) is 16.5. The largest absolute Gasteiger partial charge is 0.352 e. The molecule has 35 heavy (non-hydrogen) atoms. The molecule has 0 heterocycles. The van der Waals surface area contributed by atoms with Crippen LogP contribution in [0.3, 0.4) is 0 Å². The molecule has 0 aliphatic heterocycles. The van der Waals surface area contributed by atoms with Crippen molar-refractivity contribution in [3.63, 3.8) is 0 Å². The van der Waals surface area contributed by atoms with Crippen molar-refractivity contribution in [3.8, 4) is 0 Å². The van der Waals surface area contributed by atoms with Gasteiger partial charge in [-0.3, -0.25) is 9.59 Å². The number of nitrogens with zero attached hydrogens (tertiary/aromatic N) is 2. The predicted octanol–water partition coefficient (Wildman–Crippen LogP) is 3.71. The normalized spacial score (nSPS) is 12.7. The second-order valence-electron chi connectivity index (χ2n) is 9.12. The van der Waals surface area contributed by atoms with Crippen LogP contribution in [0.15, 0.2) is 71.6 Å². The van der Waals surface area contributed by atoms with E-state index in [-0.39, 0.29) is 29.9 Å². The van der Waals surface area contributed by atoms with Crippen LogP contribution in [0.2, 0.25) is 0 Å². The molecule has 0 aliphatic rings. The van der Waals surface area contributed by atoms with Crippen LogP contribution < -0.4 is 5.32 Å². The van der Waals surface area contributed by atoms with Crippen molar-refractivity contribution in [2.45, 2.75) is 51.2 Å². The Morgan fingerprint density at radius 1 is 0.914 bits per heavy atom. The van der Waals surface area contributed by atoms with Gasteiger partial charge in [0.1, 0.15) is 6.04 Å². The Hall–Kier alpha value is -3.23. The highest BCUT2D eigenvalue weighted by molar-refractivity contribution is 7.89. The van der Waals surface area contributed by atoms with Gasteiger partial charge in [-0.15, -0.1) is 0 Å². The molecule has 3 aromatic rings. The third kappa shape index (κ3) is 6.46. The number of nitrogens with one attached hydrogen (secondary N) is 1. The lowest BCUT2D eigenvalue weighted by Crippen LogP contribution is -2.51. The number of aryl methyl sites for hydroxylation is 1. The number of amides is 2. The third-order valence-corrected chi connectivity index (χ3v) is 7.62. The molecule has 0 spiro atoms. The molecule has 2 amide bonds. The molecule has 0 fully saturated rings. The van der Waals surface area contributed by atoms with Crippen LogP contribution in [0, 0.1) is 6.92 Å². The summed E-state index contributed by atoms with van der Waals surface area (Å²) in [6.07, 6.45) is 0. The summed E-state index contributed by atoms with van der Waals surface area (Å²) >= 11 is 0. The Morgan fingerprint density at radius 3 is 2.26 bits per heavy atom. The van der Waals surface area contributed by atoms with Gasteiger partial charge in [-0.25, -0.2) is 8.42 Å². The Kier molecular flexibility index (Phi) is 8.30. The van der Waals surface area contributed by atoms with Crippen LogP contribution in [0.25, 0.3) is 10.8 Å². The van der Waals surface area contributed by atoms with Gasteiger partial charge >= 0.3 is 0 Å².